The minimum Gasteiger partial charge on any atom is -0.260 e. The molecule has 0 amide bonds. The summed E-state index contributed by atoms with van der Waals surface area (Å²) in [7, 11) is 0. The SMILES string of the molecule is Brc1cccc(C2C=Nc3ccccc32)c1. The summed E-state index contributed by atoms with van der Waals surface area (Å²) in [5.41, 5.74) is 3.66. The zero-order valence-electron chi connectivity index (χ0n) is 8.60. The lowest BCUT2D eigenvalue weighted by Crippen LogP contribution is -1.97. The molecule has 2 heteroatoms. The Morgan fingerprint density at radius 2 is 1.88 bits per heavy atom. The third kappa shape index (κ3) is 1.59. The average molecular weight is 272 g/mol. The molecule has 0 radical (unpaired) electrons. The third-order valence-electron chi connectivity index (χ3n) is 2.84. The summed E-state index contributed by atoms with van der Waals surface area (Å²) in [6.45, 7) is 0. The quantitative estimate of drug-likeness (QED) is 0.734. The van der Waals surface area contributed by atoms with Crippen LogP contribution in [0.3, 0.4) is 0 Å². The molecule has 2 aromatic carbocycles. The predicted octanol–water partition coefficient (Wildman–Crippen LogP) is 4.30. The van der Waals surface area contributed by atoms with E-state index in [1.807, 2.05) is 18.3 Å². The normalized spacial score (nSPS) is 17.4. The van der Waals surface area contributed by atoms with E-state index in [1.54, 1.807) is 0 Å². The Morgan fingerprint density at radius 3 is 2.75 bits per heavy atom. The number of benzene rings is 2. The smallest absolute Gasteiger partial charge is 0.0668 e. The van der Waals surface area contributed by atoms with Crippen LogP contribution in [-0.2, 0) is 0 Å². The fourth-order valence-corrected chi connectivity index (χ4v) is 2.49. The number of fused-ring (bicyclic) bond motifs is 1. The van der Waals surface area contributed by atoms with E-state index in [4.69, 9.17) is 0 Å². The standard InChI is InChI=1S/C14H10BrN/c15-11-5-3-4-10(8-11)13-9-16-14-7-2-1-6-12(13)14/h1-9,13H. The van der Waals surface area contributed by atoms with Gasteiger partial charge in [0.15, 0.2) is 0 Å². The monoisotopic (exact) mass is 271 g/mol. The van der Waals surface area contributed by atoms with Gasteiger partial charge in [-0.15, -0.1) is 0 Å². The second kappa shape index (κ2) is 3.87. The van der Waals surface area contributed by atoms with Gasteiger partial charge in [-0.25, -0.2) is 0 Å². The number of nitrogens with zero attached hydrogens (tertiary/aromatic N) is 1. The van der Waals surface area contributed by atoms with Crippen molar-refractivity contribution < 1.29 is 0 Å². The van der Waals surface area contributed by atoms with Crippen LogP contribution in [-0.4, -0.2) is 6.21 Å². The molecule has 0 bridgehead atoms. The summed E-state index contributed by atoms with van der Waals surface area (Å²) in [6, 6.07) is 16.7. The number of para-hydroxylation sites is 1. The van der Waals surface area contributed by atoms with Crippen molar-refractivity contribution in [3.05, 3.63) is 64.1 Å². The molecule has 0 saturated heterocycles. The highest BCUT2D eigenvalue weighted by Crippen LogP contribution is 2.36. The molecule has 1 unspecified atom stereocenters. The number of halogens is 1. The summed E-state index contributed by atoms with van der Waals surface area (Å²) in [6.07, 6.45) is 2.02. The molecule has 1 aliphatic rings. The van der Waals surface area contributed by atoms with E-state index >= 15 is 0 Å². The van der Waals surface area contributed by atoms with Crippen LogP contribution < -0.4 is 0 Å². The van der Waals surface area contributed by atoms with Gasteiger partial charge in [-0.3, -0.25) is 4.99 Å². The minimum atomic E-state index is 0.300. The van der Waals surface area contributed by atoms with Gasteiger partial charge in [0.05, 0.1) is 5.69 Å². The van der Waals surface area contributed by atoms with Gasteiger partial charge in [0.1, 0.15) is 0 Å². The van der Waals surface area contributed by atoms with Crippen LogP contribution in [0, 0.1) is 0 Å². The lowest BCUT2D eigenvalue weighted by molar-refractivity contribution is 1.13. The molecule has 1 aliphatic heterocycles. The maximum absolute atomic E-state index is 4.45. The highest BCUT2D eigenvalue weighted by molar-refractivity contribution is 9.10. The fraction of sp³-hybridized carbons (Fsp3) is 0.0714. The number of aliphatic imine (C=N–C) groups is 1. The molecule has 1 heterocycles. The molecule has 0 N–H and O–H groups in total. The van der Waals surface area contributed by atoms with Crippen LogP contribution in [0.4, 0.5) is 5.69 Å². The second-order valence-electron chi connectivity index (χ2n) is 3.87. The van der Waals surface area contributed by atoms with Crippen molar-refractivity contribution in [1.82, 2.24) is 0 Å². The van der Waals surface area contributed by atoms with Crippen LogP contribution in [0.15, 0.2) is 58.0 Å². The van der Waals surface area contributed by atoms with Gasteiger partial charge in [-0.1, -0.05) is 46.3 Å². The van der Waals surface area contributed by atoms with Crippen LogP contribution in [0.5, 0.6) is 0 Å². The zero-order chi connectivity index (χ0) is 11.0. The Kier molecular flexibility index (Phi) is 2.37. The van der Waals surface area contributed by atoms with Gasteiger partial charge in [0, 0.05) is 16.6 Å². The number of hydrogen-bond acceptors (Lipinski definition) is 1. The van der Waals surface area contributed by atoms with E-state index in [-0.39, 0.29) is 0 Å². The van der Waals surface area contributed by atoms with E-state index in [9.17, 15) is 0 Å². The van der Waals surface area contributed by atoms with Crippen molar-refractivity contribution in [2.75, 3.05) is 0 Å². The van der Waals surface area contributed by atoms with Crippen LogP contribution in [0.1, 0.15) is 17.0 Å². The Bertz CT molecular complexity index is 560. The van der Waals surface area contributed by atoms with E-state index in [0.29, 0.717) is 5.92 Å². The van der Waals surface area contributed by atoms with Crippen molar-refractivity contribution in [3.63, 3.8) is 0 Å². The molecule has 16 heavy (non-hydrogen) atoms. The molecular formula is C14H10BrN. The Balaban J connectivity index is 2.08. The molecular weight excluding hydrogens is 262 g/mol. The molecule has 1 atom stereocenters. The molecule has 2 aromatic rings. The van der Waals surface area contributed by atoms with Gasteiger partial charge in [-0.2, -0.15) is 0 Å². The van der Waals surface area contributed by atoms with Gasteiger partial charge < -0.3 is 0 Å². The molecule has 78 valence electrons. The average Bonchev–Trinajstić information content (AvgIpc) is 2.72. The van der Waals surface area contributed by atoms with Gasteiger partial charge >= 0.3 is 0 Å². The Morgan fingerprint density at radius 1 is 1.00 bits per heavy atom. The van der Waals surface area contributed by atoms with Gasteiger partial charge in [0.2, 0.25) is 0 Å². The fourth-order valence-electron chi connectivity index (χ4n) is 2.07. The third-order valence-corrected chi connectivity index (χ3v) is 3.34. The number of hydrogen-bond donors (Lipinski definition) is 0. The van der Waals surface area contributed by atoms with Crippen LogP contribution in [0.25, 0.3) is 0 Å². The zero-order valence-corrected chi connectivity index (χ0v) is 10.2. The van der Waals surface area contributed by atoms with E-state index in [2.05, 4.69) is 57.3 Å². The van der Waals surface area contributed by atoms with Crippen molar-refractivity contribution in [2.24, 2.45) is 4.99 Å². The van der Waals surface area contributed by atoms with Gasteiger partial charge in [0.25, 0.3) is 0 Å². The minimum absolute atomic E-state index is 0.300. The highest BCUT2D eigenvalue weighted by atomic mass is 79.9. The van der Waals surface area contributed by atoms with Crippen molar-refractivity contribution in [3.8, 4) is 0 Å². The first-order valence-electron chi connectivity index (χ1n) is 5.23. The Labute approximate surface area is 103 Å². The summed E-state index contributed by atoms with van der Waals surface area (Å²) >= 11 is 3.50. The van der Waals surface area contributed by atoms with Crippen LogP contribution >= 0.6 is 15.9 Å². The molecule has 0 spiro atoms. The lowest BCUT2D eigenvalue weighted by atomic mass is 9.93. The van der Waals surface area contributed by atoms with Crippen LogP contribution in [0.2, 0.25) is 0 Å². The molecule has 0 aliphatic carbocycles. The largest absolute Gasteiger partial charge is 0.260 e. The lowest BCUT2D eigenvalue weighted by Gasteiger charge is -2.09. The predicted molar refractivity (Wildman–Crippen MR) is 70.6 cm³/mol. The Hall–Kier alpha value is -1.41. The van der Waals surface area contributed by atoms with E-state index < -0.39 is 0 Å². The van der Waals surface area contributed by atoms with E-state index in [1.165, 1.54) is 11.1 Å². The van der Waals surface area contributed by atoms with Gasteiger partial charge in [-0.05, 0) is 29.3 Å². The first-order chi connectivity index (χ1) is 7.84. The molecule has 1 nitrogen and oxygen atoms in total. The second-order valence-corrected chi connectivity index (χ2v) is 4.79. The summed E-state index contributed by atoms with van der Waals surface area (Å²) < 4.78 is 1.11. The van der Waals surface area contributed by atoms with Crippen molar-refractivity contribution in [2.45, 2.75) is 5.92 Å². The first kappa shape index (κ1) is 9.79. The summed E-state index contributed by atoms with van der Waals surface area (Å²) in [4.78, 5) is 4.45. The summed E-state index contributed by atoms with van der Waals surface area (Å²) in [5, 5.41) is 0. The molecule has 3 rings (SSSR count). The maximum atomic E-state index is 4.45. The van der Waals surface area contributed by atoms with E-state index in [0.717, 1.165) is 10.2 Å². The highest BCUT2D eigenvalue weighted by Gasteiger charge is 2.19. The first-order valence-corrected chi connectivity index (χ1v) is 6.02. The molecule has 0 aromatic heterocycles. The summed E-state index contributed by atoms with van der Waals surface area (Å²) in [5.74, 6) is 0.300. The molecule has 0 saturated carbocycles. The maximum Gasteiger partial charge on any atom is 0.0668 e. The number of rotatable bonds is 1. The van der Waals surface area contributed by atoms with Crippen molar-refractivity contribution in [1.29, 1.82) is 0 Å². The molecule has 0 fully saturated rings. The van der Waals surface area contributed by atoms with Crippen molar-refractivity contribution >= 4 is 27.8 Å². The topological polar surface area (TPSA) is 12.4 Å².